The van der Waals surface area contributed by atoms with Crippen molar-refractivity contribution in [3.63, 3.8) is 0 Å². The third kappa shape index (κ3) is 2.80. The Morgan fingerprint density at radius 3 is 2.65 bits per heavy atom. The first-order valence-corrected chi connectivity index (χ1v) is 7.97. The molecule has 0 N–H and O–H groups in total. The smallest absolute Gasteiger partial charge is 0.166 e. The van der Waals surface area contributed by atoms with E-state index in [1.165, 1.54) is 25.7 Å². The van der Waals surface area contributed by atoms with Gasteiger partial charge in [0.05, 0.1) is 0 Å². The summed E-state index contributed by atoms with van der Waals surface area (Å²) < 4.78 is 5.73. The summed E-state index contributed by atoms with van der Waals surface area (Å²) in [6.07, 6.45) is 5.71. The maximum absolute atomic E-state index is 12.6. The number of hydrogen-bond acceptors (Lipinski definition) is 2. The molecule has 0 radical (unpaired) electrons. The quantitative estimate of drug-likeness (QED) is 0.777. The summed E-state index contributed by atoms with van der Waals surface area (Å²) in [5.41, 5.74) is 1.00. The molecule has 1 aromatic rings. The lowest BCUT2D eigenvalue weighted by Crippen LogP contribution is -2.22. The standard InChI is InChI=1S/C18H24O2/c1-2-20-18(14-6-4-3-5-7-14)17(19)12-16-11-13-8-9-15(16)10-13/h3-7,13,15-16,18H,2,8-12H2,1H3. The number of rotatable bonds is 6. The van der Waals surface area contributed by atoms with Gasteiger partial charge in [-0.3, -0.25) is 4.79 Å². The van der Waals surface area contributed by atoms with Crippen LogP contribution in [0.5, 0.6) is 0 Å². The van der Waals surface area contributed by atoms with Crippen LogP contribution in [0.15, 0.2) is 30.3 Å². The second-order valence-electron chi connectivity index (χ2n) is 6.35. The number of carbonyl (C=O) groups excluding carboxylic acids is 1. The third-order valence-electron chi connectivity index (χ3n) is 5.08. The van der Waals surface area contributed by atoms with Crippen molar-refractivity contribution in [2.24, 2.45) is 17.8 Å². The molecule has 0 amide bonds. The molecule has 0 saturated heterocycles. The van der Waals surface area contributed by atoms with Gasteiger partial charge < -0.3 is 4.74 Å². The maximum atomic E-state index is 12.6. The maximum Gasteiger partial charge on any atom is 0.166 e. The predicted octanol–water partition coefficient (Wildman–Crippen LogP) is 4.16. The molecule has 2 saturated carbocycles. The van der Waals surface area contributed by atoms with E-state index in [9.17, 15) is 4.79 Å². The summed E-state index contributed by atoms with van der Waals surface area (Å²) >= 11 is 0. The second-order valence-corrected chi connectivity index (χ2v) is 6.35. The fourth-order valence-corrected chi connectivity index (χ4v) is 4.16. The minimum atomic E-state index is -0.361. The fourth-order valence-electron chi connectivity index (χ4n) is 4.16. The molecule has 2 aliphatic rings. The number of ketones is 1. The molecule has 2 bridgehead atoms. The van der Waals surface area contributed by atoms with Crippen molar-refractivity contribution in [3.8, 4) is 0 Å². The number of carbonyl (C=O) groups is 1. The fraction of sp³-hybridized carbons (Fsp3) is 0.611. The van der Waals surface area contributed by atoms with Crippen molar-refractivity contribution in [3.05, 3.63) is 35.9 Å². The van der Waals surface area contributed by atoms with Crippen LogP contribution in [0, 0.1) is 17.8 Å². The van der Waals surface area contributed by atoms with Crippen LogP contribution in [-0.2, 0) is 9.53 Å². The van der Waals surface area contributed by atoms with Gasteiger partial charge in [-0.2, -0.15) is 0 Å². The average molecular weight is 272 g/mol. The zero-order valence-electron chi connectivity index (χ0n) is 12.3. The number of fused-ring (bicyclic) bond motifs is 2. The number of Topliss-reactive ketones (excluding diaryl/α,β-unsaturated/α-hetero) is 1. The first-order chi connectivity index (χ1) is 9.78. The SMILES string of the molecule is CCOC(C(=O)CC1CC2CCC1C2)c1ccccc1. The molecule has 0 aliphatic heterocycles. The van der Waals surface area contributed by atoms with E-state index in [1.807, 2.05) is 37.3 Å². The van der Waals surface area contributed by atoms with Crippen molar-refractivity contribution in [1.82, 2.24) is 0 Å². The molecule has 0 heterocycles. The zero-order chi connectivity index (χ0) is 13.9. The summed E-state index contributed by atoms with van der Waals surface area (Å²) in [6.45, 7) is 2.54. The largest absolute Gasteiger partial charge is 0.366 e. The number of hydrogen-bond donors (Lipinski definition) is 0. The van der Waals surface area contributed by atoms with E-state index < -0.39 is 0 Å². The zero-order valence-corrected chi connectivity index (χ0v) is 12.3. The van der Waals surface area contributed by atoms with Crippen LogP contribution in [0.25, 0.3) is 0 Å². The summed E-state index contributed by atoms with van der Waals surface area (Å²) in [6, 6.07) is 9.93. The molecular weight excluding hydrogens is 248 g/mol. The van der Waals surface area contributed by atoms with Crippen molar-refractivity contribution in [2.75, 3.05) is 6.61 Å². The Morgan fingerprint density at radius 1 is 1.25 bits per heavy atom. The highest BCUT2D eigenvalue weighted by molar-refractivity contribution is 5.84. The Labute approximate surface area is 121 Å². The summed E-state index contributed by atoms with van der Waals surface area (Å²) in [4.78, 5) is 12.6. The first-order valence-electron chi connectivity index (χ1n) is 7.97. The lowest BCUT2D eigenvalue weighted by atomic mass is 9.84. The van der Waals surface area contributed by atoms with Crippen LogP contribution in [0.4, 0.5) is 0 Å². The van der Waals surface area contributed by atoms with Crippen molar-refractivity contribution < 1.29 is 9.53 Å². The first kappa shape index (κ1) is 13.8. The highest BCUT2D eigenvalue weighted by Gasteiger charge is 2.41. The summed E-state index contributed by atoms with van der Waals surface area (Å²) in [5.74, 6) is 2.60. The topological polar surface area (TPSA) is 26.3 Å². The highest BCUT2D eigenvalue weighted by Crippen LogP contribution is 2.50. The third-order valence-corrected chi connectivity index (χ3v) is 5.08. The molecule has 0 aromatic heterocycles. The van der Waals surface area contributed by atoms with E-state index in [0.717, 1.165) is 17.4 Å². The lowest BCUT2D eigenvalue weighted by molar-refractivity contribution is -0.132. The van der Waals surface area contributed by atoms with Crippen LogP contribution in [0.2, 0.25) is 0 Å². The van der Waals surface area contributed by atoms with E-state index in [1.54, 1.807) is 0 Å². The van der Waals surface area contributed by atoms with Gasteiger partial charge in [-0.05, 0) is 49.5 Å². The molecule has 4 unspecified atom stereocenters. The Kier molecular flexibility index (Phi) is 4.21. The van der Waals surface area contributed by atoms with Gasteiger partial charge in [-0.1, -0.05) is 36.8 Å². The molecule has 2 nitrogen and oxygen atoms in total. The van der Waals surface area contributed by atoms with Crippen LogP contribution >= 0.6 is 0 Å². The van der Waals surface area contributed by atoms with Gasteiger partial charge in [0.2, 0.25) is 0 Å². The van der Waals surface area contributed by atoms with Gasteiger partial charge in [-0.25, -0.2) is 0 Å². The van der Waals surface area contributed by atoms with Gasteiger partial charge in [0, 0.05) is 13.0 Å². The van der Waals surface area contributed by atoms with E-state index in [-0.39, 0.29) is 11.9 Å². The normalized spacial score (nSPS) is 29.6. The summed E-state index contributed by atoms with van der Waals surface area (Å²) in [7, 11) is 0. The van der Waals surface area contributed by atoms with Crippen LogP contribution in [0.1, 0.15) is 50.7 Å². The molecule has 2 heteroatoms. The second kappa shape index (κ2) is 6.09. The molecular formula is C18H24O2. The van der Waals surface area contributed by atoms with E-state index in [2.05, 4.69) is 0 Å². The van der Waals surface area contributed by atoms with Gasteiger partial charge >= 0.3 is 0 Å². The Hall–Kier alpha value is -1.15. The van der Waals surface area contributed by atoms with Crippen LogP contribution in [0.3, 0.4) is 0 Å². The molecule has 4 atom stereocenters. The van der Waals surface area contributed by atoms with Gasteiger partial charge in [0.25, 0.3) is 0 Å². The average Bonchev–Trinajstić information content (AvgIpc) is 3.08. The molecule has 20 heavy (non-hydrogen) atoms. The van der Waals surface area contributed by atoms with E-state index in [0.29, 0.717) is 18.9 Å². The van der Waals surface area contributed by atoms with E-state index >= 15 is 0 Å². The minimum absolute atomic E-state index is 0.274. The lowest BCUT2D eigenvalue weighted by Gasteiger charge is -2.23. The van der Waals surface area contributed by atoms with Crippen molar-refractivity contribution in [2.45, 2.75) is 45.1 Å². The molecule has 108 valence electrons. The van der Waals surface area contributed by atoms with Crippen LogP contribution in [-0.4, -0.2) is 12.4 Å². The van der Waals surface area contributed by atoms with Crippen LogP contribution < -0.4 is 0 Å². The Bertz CT molecular complexity index is 454. The molecule has 2 aliphatic carbocycles. The van der Waals surface area contributed by atoms with Crippen molar-refractivity contribution in [1.29, 1.82) is 0 Å². The van der Waals surface area contributed by atoms with Gasteiger partial charge in [0.15, 0.2) is 5.78 Å². The minimum Gasteiger partial charge on any atom is -0.366 e. The molecule has 3 rings (SSSR count). The van der Waals surface area contributed by atoms with Gasteiger partial charge in [0.1, 0.15) is 6.10 Å². The van der Waals surface area contributed by atoms with Gasteiger partial charge in [-0.15, -0.1) is 0 Å². The predicted molar refractivity (Wildman–Crippen MR) is 79.4 cm³/mol. The Morgan fingerprint density at radius 2 is 2.05 bits per heavy atom. The molecule has 2 fully saturated rings. The van der Waals surface area contributed by atoms with Crippen molar-refractivity contribution >= 4 is 5.78 Å². The monoisotopic (exact) mass is 272 g/mol. The number of ether oxygens (including phenoxy) is 1. The Balaban J connectivity index is 1.67. The molecule has 0 spiro atoms. The number of benzene rings is 1. The highest BCUT2D eigenvalue weighted by atomic mass is 16.5. The molecule has 1 aromatic carbocycles. The summed E-state index contributed by atoms with van der Waals surface area (Å²) in [5, 5.41) is 0. The van der Waals surface area contributed by atoms with E-state index in [4.69, 9.17) is 4.74 Å².